The second-order valence-electron chi connectivity index (χ2n) is 4.13. The number of rotatable bonds is 3. The molecule has 1 aromatic heterocycles. The molecular formula is C12H18N2O. The molecule has 0 bridgehead atoms. The van der Waals surface area contributed by atoms with Gasteiger partial charge in [-0.2, -0.15) is 0 Å². The van der Waals surface area contributed by atoms with Crippen LogP contribution in [0.5, 0.6) is 5.75 Å². The van der Waals surface area contributed by atoms with Crippen molar-refractivity contribution in [3.05, 3.63) is 23.5 Å². The van der Waals surface area contributed by atoms with Gasteiger partial charge in [-0.25, -0.2) is 0 Å². The lowest BCUT2D eigenvalue weighted by Crippen LogP contribution is -2.14. The Morgan fingerprint density at radius 1 is 1.40 bits per heavy atom. The van der Waals surface area contributed by atoms with Crippen molar-refractivity contribution >= 4 is 0 Å². The van der Waals surface area contributed by atoms with Crippen LogP contribution in [-0.4, -0.2) is 11.1 Å². The highest BCUT2D eigenvalue weighted by Crippen LogP contribution is 2.25. The van der Waals surface area contributed by atoms with Gasteiger partial charge in [0.05, 0.1) is 11.8 Å². The van der Waals surface area contributed by atoms with E-state index >= 15 is 0 Å². The van der Waals surface area contributed by atoms with Gasteiger partial charge in [0.15, 0.2) is 0 Å². The lowest BCUT2D eigenvalue weighted by atomic mass is 10.2. The van der Waals surface area contributed by atoms with E-state index in [-0.39, 0.29) is 0 Å². The maximum absolute atomic E-state index is 5.91. The van der Waals surface area contributed by atoms with E-state index in [0.717, 1.165) is 30.0 Å². The first-order chi connectivity index (χ1) is 7.29. The molecule has 1 saturated carbocycles. The third-order valence-electron chi connectivity index (χ3n) is 2.86. The molecule has 0 saturated heterocycles. The summed E-state index contributed by atoms with van der Waals surface area (Å²) in [5.41, 5.74) is 7.52. The van der Waals surface area contributed by atoms with Gasteiger partial charge in [0, 0.05) is 12.2 Å². The Kier molecular flexibility index (Phi) is 3.21. The van der Waals surface area contributed by atoms with E-state index in [4.69, 9.17) is 10.5 Å². The van der Waals surface area contributed by atoms with Gasteiger partial charge in [-0.05, 0) is 44.7 Å². The summed E-state index contributed by atoms with van der Waals surface area (Å²) in [6.07, 6.45) is 5.26. The SMILES string of the molecule is Cc1ccc(OC2CCCC2)c(CN)n1. The number of hydrogen-bond acceptors (Lipinski definition) is 3. The molecule has 0 aromatic carbocycles. The number of nitrogens with zero attached hydrogens (tertiary/aromatic N) is 1. The number of pyridine rings is 1. The van der Waals surface area contributed by atoms with Gasteiger partial charge in [0.1, 0.15) is 5.75 Å². The second kappa shape index (κ2) is 4.62. The van der Waals surface area contributed by atoms with Gasteiger partial charge in [0.25, 0.3) is 0 Å². The largest absolute Gasteiger partial charge is 0.488 e. The van der Waals surface area contributed by atoms with Gasteiger partial charge in [-0.15, -0.1) is 0 Å². The van der Waals surface area contributed by atoms with Crippen LogP contribution in [0.4, 0.5) is 0 Å². The Morgan fingerprint density at radius 2 is 2.13 bits per heavy atom. The van der Waals surface area contributed by atoms with Crippen molar-refractivity contribution in [3.63, 3.8) is 0 Å². The second-order valence-corrected chi connectivity index (χ2v) is 4.13. The van der Waals surface area contributed by atoms with Crippen molar-refractivity contribution in [1.82, 2.24) is 4.98 Å². The molecular weight excluding hydrogens is 188 g/mol. The van der Waals surface area contributed by atoms with E-state index in [0.29, 0.717) is 12.6 Å². The van der Waals surface area contributed by atoms with Crippen LogP contribution < -0.4 is 10.5 Å². The summed E-state index contributed by atoms with van der Waals surface area (Å²) in [6, 6.07) is 3.96. The zero-order chi connectivity index (χ0) is 10.7. The molecule has 15 heavy (non-hydrogen) atoms. The van der Waals surface area contributed by atoms with Gasteiger partial charge in [0.2, 0.25) is 0 Å². The summed E-state index contributed by atoms with van der Waals surface area (Å²) in [5, 5.41) is 0. The minimum atomic E-state index is 0.375. The molecule has 0 atom stereocenters. The minimum Gasteiger partial charge on any atom is -0.488 e. The first kappa shape index (κ1) is 10.4. The highest BCUT2D eigenvalue weighted by molar-refractivity contribution is 5.29. The summed E-state index contributed by atoms with van der Waals surface area (Å²) in [4.78, 5) is 4.38. The van der Waals surface area contributed by atoms with Crippen LogP contribution in [0.15, 0.2) is 12.1 Å². The molecule has 1 heterocycles. The molecule has 1 aromatic rings. The van der Waals surface area contributed by atoms with Crippen molar-refractivity contribution in [3.8, 4) is 5.75 Å². The van der Waals surface area contributed by atoms with Gasteiger partial charge < -0.3 is 10.5 Å². The smallest absolute Gasteiger partial charge is 0.142 e. The predicted molar refractivity (Wildman–Crippen MR) is 59.7 cm³/mol. The van der Waals surface area contributed by atoms with Crippen LogP contribution in [0.3, 0.4) is 0 Å². The average Bonchev–Trinajstić information content (AvgIpc) is 2.73. The lowest BCUT2D eigenvalue weighted by molar-refractivity contribution is 0.207. The van der Waals surface area contributed by atoms with Crippen LogP contribution in [0.25, 0.3) is 0 Å². The Morgan fingerprint density at radius 3 is 2.80 bits per heavy atom. The Bertz CT molecular complexity index is 332. The highest BCUT2D eigenvalue weighted by atomic mass is 16.5. The van der Waals surface area contributed by atoms with E-state index < -0.39 is 0 Å². The summed E-state index contributed by atoms with van der Waals surface area (Å²) in [5.74, 6) is 0.870. The van der Waals surface area contributed by atoms with E-state index in [9.17, 15) is 0 Å². The quantitative estimate of drug-likeness (QED) is 0.824. The van der Waals surface area contributed by atoms with Crippen molar-refractivity contribution < 1.29 is 4.74 Å². The molecule has 1 aliphatic rings. The van der Waals surface area contributed by atoms with Crippen LogP contribution >= 0.6 is 0 Å². The molecule has 0 aliphatic heterocycles. The van der Waals surface area contributed by atoms with Crippen molar-refractivity contribution in [2.24, 2.45) is 5.73 Å². The summed E-state index contributed by atoms with van der Waals surface area (Å²) in [6.45, 7) is 2.42. The molecule has 3 heteroatoms. The zero-order valence-corrected chi connectivity index (χ0v) is 9.20. The number of aryl methyl sites for hydroxylation is 1. The summed E-state index contributed by atoms with van der Waals surface area (Å²) < 4.78 is 5.91. The van der Waals surface area contributed by atoms with E-state index in [1.54, 1.807) is 0 Å². The monoisotopic (exact) mass is 206 g/mol. The van der Waals surface area contributed by atoms with Crippen LogP contribution in [-0.2, 0) is 6.54 Å². The molecule has 2 rings (SSSR count). The third-order valence-corrected chi connectivity index (χ3v) is 2.86. The van der Waals surface area contributed by atoms with Crippen molar-refractivity contribution in [2.75, 3.05) is 0 Å². The first-order valence-corrected chi connectivity index (χ1v) is 5.63. The van der Waals surface area contributed by atoms with Gasteiger partial charge in [-0.1, -0.05) is 0 Å². The first-order valence-electron chi connectivity index (χ1n) is 5.63. The Hall–Kier alpha value is -1.09. The summed E-state index contributed by atoms with van der Waals surface area (Å²) in [7, 11) is 0. The Balaban J connectivity index is 2.12. The Labute approximate surface area is 90.7 Å². The fraction of sp³-hybridized carbons (Fsp3) is 0.583. The van der Waals surface area contributed by atoms with Crippen LogP contribution in [0.2, 0.25) is 0 Å². The highest BCUT2D eigenvalue weighted by Gasteiger charge is 2.17. The van der Waals surface area contributed by atoms with Crippen molar-refractivity contribution in [2.45, 2.75) is 45.3 Å². The molecule has 0 radical (unpaired) electrons. The van der Waals surface area contributed by atoms with Gasteiger partial charge in [-0.3, -0.25) is 4.98 Å². The third kappa shape index (κ3) is 2.48. The molecule has 1 aliphatic carbocycles. The van der Waals surface area contributed by atoms with E-state index in [1.807, 2.05) is 19.1 Å². The normalized spacial score (nSPS) is 16.9. The standard InChI is InChI=1S/C12H18N2O/c1-9-6-7-12(11(8-13)14-9)15-10-4-2-3-5-10/h6-7,10H,2-5,8,13H2,1H3. The van der Waals surface area contributed by atoms with Crippen molar-refractivity contribution in [1.29, 1.82) is 0 Å². The average molecular weight is 206 g/mol. The zero-order valence-electron chi connectivity index (χ0n) is 9.20. The maximum Gasteiger partial charge on any atom is 0.142 e. The molecule has 0 unspecified atom stereocenters. The van der Waals surface area contributed by atoms with Crippen LogP contribution in [0.1, 0.15) is 37.1 Å². The molecule has 0 amide bonds. The molecule has 1 fully saturated rings. The number of ether oxygens (including phenoxy) is 1. The summed E-state index contributed by atoms with van der Waals surface area (Å²) >= 11 is 0. The molecule has 0 spiro atoms. The molecule has 3 nitrogen and oxygen atoms in total. The van der Waals surface area contributed by atoms with Crippen LogP contribution in [0, 0.1) is 6.92 Å². The van der Waals surface area contributed by atoms with E-state index in [1.165, 1.54) is 12.8 Å². The number of aromatic nitrogens is 1. The fourth-order valence-electron chi connectivity index (χ4n) is 2.04. The maximum atomic E-state index is 5.91. The molecule has 2 N–H and O–H groups in total. The number of hydrogen-bond donors (Lipinski definition) is 1. The minimum absolute atomic E-state index is 0.375. The van der Waals surface area contributed by atoms with Gasteiger partial charge >= 0.3 is 0 Å². The van der Waals surface area contributed by atoms with E-state index in [2.05, 4.69) is 4.98 Å². The predicted octanol–water partition coefficient (Wildman–Crippen LogP) is 2.17. The lowest BCUT2D eigenvalue weighted by Gasteiger charge is -2.15. The molecule has 82 valence electrons. The number of nitrogens with two attached hydrogens (primary N) is 1. The fourth-order valence-corrected chi connectivity index (χ4v) is 2.04. The topological polar surface area (TPSA) is 48.1 Å².